The van der Waals surface area contributed by atoms with Gasteiger partial charge in [0.05, 0.1) is 6.04 Å². The second-order valence-corrected chi connectivity index (χ2v) is 2.75. The third-order valence-electron chi connectivity index (χ3n) is 1.48. The number of hydrogen-bond acceptors (Lipinski definition) is 1. The van der Waals surface area contributed by atoms with E-state index in [9.17, 15) is 4.39 Å². The minimum absolute atomic E-state index is 0. The van der Waals surface area contributed by atoms with Crippen molar-refractivity contribution in [3.05, 3.63) is 34.6 Å². The molecule has 0 saturated heterocycles. The lowest BCUT2D eigenvalue weighted by Crippen LogP contribution is -2.09. The maximum absolute atomic E-state index is 13.0. The first-order chi connectivity index (χ1) is 5.65. The summed E-state index contributed by atoms with van der Waals surface area (Å²) in [5.74, 6) is 1.77. The van der Waals surface area contributed by atoms with Crippen LogP contribution in [0.3, 0.4) is 0 Å². The average Bonchev–Trinajstić information content (AvgIpc) is 2.03. The molecule has 0 spiro atoms. The van der Waals surface area contributed by atoms with Gasteiger partial charge in [-0.2, -0.15) is 0 Å². The smallest absolute Gasteiger partial charge is 0.130 e. The summed E-state index contributed by atoms with van der Waals surface area (Å²) in [6, 6.07) is 3.52. The van der Waals surface area contributed by atoms with E-state index in [1.165, 1.54) is 12.1 Å². The molecule has 70 valence electrons. The van der Waals surface area contributed by atoms with Crippen LogP contribution in [-0.2, 0) is 0 Å². The molecular weight excluding hydrogens is 212 g/mol. The molecule has 1 atom stereocenters. The maximum Gasteiger partial charge on any atom is 0.130 e. The van der Waals surface area contributed by atoms with Crippen molar-refractivity contribution in [2.45, 2.75) is 6.04 Å². The van der Waals surface area contributed by atoms with Gasteiger partial charge in [0, 0.05) is 10.6 Å². The number of hydrogen-bond donors (Lipinski definition) is 1. The van der Waals surface area contributed by atoms with Crippen LogP contribution in [-0.4, -0.2) is 0 Å². The van der Waals surface area contributed by atoms with E-state index in [-0.39, 0.29) is 12.4 Å². The highest BCUT2D eigenvalue weighted by molar-refractivity contribution is 6.30. The third-order valence-corrected chi connectivity index (χ3v) is 1.71. The highest BCUT2D eigenvalue weighted by Crippen LogP contribution is 2.18. The number of benzene rings is 1. The largest absolute Gasteiger partial charge is 0.314 e. The molecule has 1 unspecified atom stereocenters. The Balaban J connectivity index is 0.00000144. The quantitative estimate of drug-likeness (QED) is 0.723. The monoisotopic (exact) mass is 219 g/mol. The molecule has 0 radical (unpaired) electrons. The van der Waals surface area contributed by atoms with Crippen LogP contribution in [0.1, 0.15) is 11.6 Å². The second-order valence-electron chi connectivity index (χ2n) is 2.31. The molecule has 0 heterocycles. The molecule has 4 heteroatoms. The lowest BCUT2D eigenvalue weighted by atomic mass is 10.1. The Labute approximate surface area is 87.5 Å². The van der Waals surface area contributed by atoms with Crippen molar-refractivity contribution in [3.63, 3.8) is 0 Å². The Morgan fingerprint density at radius 3 is 2.62 bits per heavy atom. The van der Waals surface area contributed by atoms with Crippen molar-refractivity contribution in [2.75, 3.05) is 0 Å². The molecule has 1 nitrogen and oxygen atoms in total. The Morgan fingerprint density at radius 2 is 2.15 bits per heavy atom. The first-order valence-electron chi connectivity index (χ1n) is 3.32. The molecular formula is C9H8Cl2FN. The first-order valence-corrected chi connectivity index (χ1v) is 3.69. The zero-order chi connectivity index (χ0) is 9.14. The average molecular weight is 220 g/mol. The number of terminal acetylenes is 1. The third kappa shape index (κ3) is 2.89. The Kier molecular flexibility index (Phi) is 4.79. The summed E-state index contributed by atoms with van der Waals surface area (Å²) in [5, 5.41) is 0.334. The lowest BCUT2D eigenvalue weighted by molar-refractivity contribution is 0.604. The SMILES string of the molecule is C#CC(N)c1ccc(Cl)cc1F.Cl. The van der Waals surface area contributed by atoms with E-state index >= 15 is 0 Å². The molecule has 0 aliphatic rings. The van der Waals surface area contributed by atoms with Crippen molar-refractivity contribution < 1.29 is 4.39 Å². The fourth-order valence-corrected chi connectivity index (χ4v) is 1.00. The Morgan fingerprint density at radius 1 is 1.54 bits per heavy atom. The van der Waals surface area contributed by atoms with Gasteiger partial charge >= 0.3 is 0 Å². The summed E-state index contributed by atoms with van der Waals surface area (Å²) in [4.78, 5) is 0. The van der Waals surface area contributed by atoms with E-state index in [0.29, 0.717) is 10.6 Å². The predicted octanol–water partition coefficient (Wildman–Crippen LogP) is 2.53. The molecule has 2 N–H and O–H groups in total. The van der Waals surface area contributed by atoms with Crippen LogP contribution in [0.25, 0.3) is 0 Å². The summed E-state index contributed by atoms with van der Waals surface area (Å²) in [7, 11) is 0. The maximum atomic E-state index is 13.0. The van der Waals surface area contributed by atoms with Crippen molar-refractivity contribution in [1.82, 2.24) is 0 Å². The van der Waals surface area contributed by atoms with Gasteiger partial charge in [-0.3, -0.25) is 0 Å². The molecule has 0 amide bonds. The Bertz CT molecular complexity index is 333. The minimum atomic E-state index is -0.706. The standard InChI is InChI=1S/C9H7ClFN.ClH/c1-2-9(12)7-4-3-6(10)5-8(7)11;/h1,3-5,9H,12H2;1H. The summed E-state index contributed by atoms with van der Waals surface area (Å²) in [6.07, 6.45) is 5.04. The van der Waals surface area contributed by atoms with Gasteiger partial charge in [0.2, 0.25) is 0 Å². The normalized spacial score (nSPS) is 11.2. The van der Waals surface area contributed by atoms with Gasteiger partial charge in [0.1, 0.15) is 5.82 Å². The zero-order valence-corrected chi connectivity index (χ0v) is 8.20. The van der Waals surface area contributed by atoms with E-state index < -0.39 is 11.9 Å². The molecule has 0 fully saturated rings. The molecule has 1 rings (SSSR count). The molecule has 0 aliphatic heterocycles. The van der Waals surface area contributed by atoms with Gasteiger partial charge in [0.25, 0.3) is 0 Å². The van der Waals surface area contributed by atoms with E-state index in [1.807, 2.05) is 0 Å². The summed E-state index contributed by atoms with van der Waals surface area (Å²) in [5.41, 5.74) is 5.72. The van der Waals surface area contributed by atoms with E-state index in [2.05, 4.69) is 5.92 Å². The van der Waals surface area contributed by atoms with Gasteiger partial charge < -0.3 is 5.73 Å². The topological polar surface area (TPSA) is 26.0 Å². The van der Waals surface area contributed by atoms with Crippen LogP contribution in [0.5, 0.6) is 0 Å². The molecule has 0 aromatic heterocycles. The van der Waals surface area contributed by atoms with Gasteiger partial charge in [0.15, 0.2) is 0 Å². The van der Waals surface area contributed by atoms with Crippen LogP contribution in [0.4, 0.5) is 4.39 Å². The van der Waals surface area contributed by atoms with Crippen molar-refractivity contribution >= 4 is 24.0 Å². The van der Waals surface area contributed by atoms with E-state index in [4.69, 9.17) is 23.8 Å². The van der Waals surface area contributed by atoms with E-state index in [1.54, 1.807) is 6.07 Å². The van der Waals surface area contributed by atoms with Crippen LogP contribution in [0.2, 0.25) is 5.02 Å². The minimum Gasteiger partial charge on any atom is -0.314 e. The van der Waals surface area contributed by atoms with Crippen molar-refractivity contribution in [3.8, 4) is 12.3 Å². The zero-order valence-electron chi connectivity index (χ0n) is 6.63. The Hall–Kier alpha value is -0.750. The van der Waals surface area contributed by atoms with Crippen LogP contribution < -0.4 is 5.73 Å². The summed E-state index contributed by atoms with van der Waals surface area (Å²) < 4.78 is 13.0. The number of halogens is 3. The van der Waals surface area contributed by atoms with Gasteiger partial charge in [-0.05, 0) is 12.1 Å². The molecule has 1 aromatic carbocycles. The molecule has 0 bridgehead atoms. The molecule has 13 heavy (non-hydrogen) atoms. The van der Waals surface area contributed by atoms with Crippen LogP contribution in [0.15, 0.2) is 18.2 Å². The predicted molar refractivity (Wildman–Crippen MR) is 54.4 cm³/mol. The summed E-state index contributed by atoms with van der Waals surface area (Å²) >= 11 is 5.53. The van der Waals surface area contributed by atoms with Crippen molar-refractivity contribution in [1.29, 1.82) is 0 Å². The second kappa shape index (κ2) is 5.08. The summed E-state index contributed by atoms with van der Waals surface area (Å²) in [6.45, 7) is 0. The van der Waals surface area contributed by atoms with Gasteiger partial charge in [-0.25, -0.2) is 4.39 Å². The van der Waals surface area contributed by atoms with Crippen molar-refractivity contribution in [2.24, 2.45) is 5.73 Å². The van der Waals surface area contributed by atoms with Crippen LogP contribution >= 0.6 is 24.0 Å². The lowest BCUT2D eigenvalue weighted by Gasteiger charge is -2.05. The first kappa shape index (κ1) is 12.2. The highest BCUT2D eigenvalue weighted by atomic mass is 35.5. The highest BCUT2D eigenvalue weighted by Gasteiger charge is 2.08. The number of nitrogens with two attached hydrogens (primary N) is 1. The number of rotatable bonds is 1. The van der Waals surface area contributed by atoms with E-state index in [0.717, 1.165) is 0 Å². The molecule has 1 aromatic rings. The van der Waals surface area contributed by atoms with Gasteiger partial charge in [-0.1, -0.05) is 23.6 Å². The molecule has 0 saturated carbocycles. The molecule has 0 aliphatic carbocycles. The van der Waals surface area contributed by atoms with Gasteiger partial charge in [-0.15, -0.1) is 18.8 Å². The van der Waals surface area contributed by atoms with Crippen LogP contribution in [0, 0.1) is 18.2 Å². The fourth-order valence-electron chi connectivity index (χ4n) is 0.844. The fraction of sp³-hybridized carbons (Fsp3) is 0.111.